The standard InChI is InChI=1S/C79H153NO5/c1-3-5-7-9-11-13-15-17-18-19-20-21-32-35-38-41-44-48-51-55-59-63-67-71-77(82)76(75-81)80-78(83)72-68-64-60-56-52-49-45-42-39-36-33-30-28-26-24-22-23-25-27-29-31-34-37-40-43-46-50-54-58-62-66-70-74-85-79(84)73-69-65-61-57-53-47-16-14-12-10-8-6-4-2/h8,10,14,16,76-77,81-82H,3-7,9,11-13,15,17-75H2,1-2H3,(H,80,83)/b10-8-,16-14-. The van der Waals surface area contributed by atoms with Gasteiger partial charge in [0.05, 0.1) is 25.4 Å². The maximum absolute atomic E-state index is 12.6. The maximum atomic E-state index is 12.6. The molecular formula is C79H153NO5. The second-order valence-corrected chi connectivity index (χ2v) is 27.0. The SMILES string of the molecule is CCC/C=C\C/C=C\CCCCCCCC(=O)OCCCCCCCCCCCCCCCCCCCCCCCCCCCCCCCCCCC(=O)NC(CO)C(O)CCCCCCCCCCCCCCCCCCCCCCCCC. The zero-order valence-corrected chi connectivity index (χ0v) is 57.9. The molecule has 0 aromatic carbocycles. The monoisotopic (exact) mass is 1200 g/mol. The van der Waals surface area contributed by atoms with Gasteiger partial charge in [-0.2, -0.15) is 0 Å². The number of aliphatic hydroxyl groups excluding tert-OH is 2. The Labute approximate surface area is 532 Å². The molecule has 0 aromatic rings. The van der Waals surface area contributed by atoms with Crippen LogP contribution in [-0.4, -0.2) is 47.4 Å². The van der Waals surface area contributed by atoms with Gasteiger partial charge in [0.25, 0.3) is 0 Å². The first kappa shape index (κ1) is 83.3. The number of nitrogens with one attached hydrogen (secondary N) is 1. The molecule has 1 amide bonds. The highest BCUT2D eigenvalue weighted by Gasteiger charge is 2.20. The van der Waals surface area contributed by atoms with Crippen LogP contribution in [-0.2, 0) is 14.3 Å². The van der Waals surface area contributed by atoms with Gasteiger partial charge in [0, 0.05) is 12.8 Å². The molecule has 0 aliphatic heterocycles. The molecule has 2 unspecified atom stereocenters. The van der Waals surface area contributed by atoms with E-state index >= 15 is 0 Å². The number of carbonyl (C=O) groups is 2. The smallest absolute Gasteiger partial charge is 0.305 e. The quantitative estimate of drug-likeness (QED) is 0.0320. The lowest BCUT2D eigenvalue weighted by Crippen LogP contribution is -2.45. The van der Waals surface area contributed by atoms with E-state index in [0.717, 1.165) is 51.4 Å². The number of unbranched alkanes of at least 4 members (excludes halogenated alkanes) is 59. The molecule has 504 valence electrons. The van der Waals surface area contributed by atoms with E-state index in [1.165, 1.54) is 360 Å². The van der Waals surface area contributed by atoms with E-state index in [1.54, 1.807) is 0 Å². The van der Waals surface area contributed by atoms with Crippen LogP contribution in [0.1, 0.15) is 444 Å². The summed E-state index contributed by atoms with van der Waals surface area (Å²) in [4.78, 5) is 24.6. The summed E-state index contributed by atoms with van der Waals surface area (Å²) in [5.74, 6) is -0.0182. The van der Waals surface area contributed by atoms with Gasteiger partial charge in [-0.3, -0.25) is 9.59 Å². The Bertz CT molecular complexity index is 1330. The van der Waals surface area contributed by atoms with Gasteiger partial charge >= 0.3 is 5.97 Å². The fourth-order valence-corrected chi connectivity index (χ4v) is 12.6. The van der Waals surface area contributed by atoms with Gasteiger partial charge in [0.15, 0.2) is 0 Å². The second kappa shape index (κ2) is 74.8. The van der Waals surface area contributed by atoms with Gasteiger partial charge in [-0.1, -0.05) is 404 Å². The first-order valence-corrected chi connectivity index (χ1v) is 39.1. The van der Waals surface area contributed by atoms with Crippen LogP contribution >= 0.6 is 0 Å². The average molecular weight is 1200 g/mol. The molecule has 0 aliphatic rings. The Balaban J connectivity index is 3.33. The summed E-state index contributed by atoms with van der Waals surface area (Å²) in [6.07, 6.45) is 95.5. The van der Waals surface area contributed by atoms with Crippen LogP contribution in [0.5, 0.6) is 0 Å². The van der Waals surface area contributed by atoms with Crippen LogP contribution < -0.4 is 5.32 Å². The van der Waals surface area contributed by atoms with Gasteiger partial charge in [-0.05, 0) is 51.4 Å². The summed E-state index contributed by atoms with van der Waals surface area (Å²) in [5.41, 5.74) is 0. The molecule has 0 rings (SSSR count). The van der Waals surface area contributed by atoms with Gasteiger partial charge < -0.3 is 20.3 Å². The lowest BCUT2D eigenvalue weighted by molar-refractivity contribution is -0.143. The van der Waals surface area contributed by atoms with Crippen LogP contribution in [0.4, 0.5) is 0 Å². The predicted octanol–water partition coefficient (Wildman–Crippen LogP) is 25.7. The summed E-state index contributed by atoms with van der Waals surface area (Å²) >= 11 is 0. The first-order chi connectivity index (χ1) is 42.0. The number of allylic oxidation sites excluding steroid dienone is 4. The van der Waals surface area contributed by atoms with Crippen LogP contribution in [0.25, 0.3) is 0 Å². The Morgan fingerprint density at radius 2 is 0.612 bits per heavy atom. The molecule has 6 heteroatoms. The lowest BCUT2D eigenvalue weighted by atomic mass is 10.0. The van der Waals surface area contributed by atoms with E-state index < -0.39 is 12.1 Å². The Morgan fingerprint density at radius 1 is 0.329 bits per heavy atom. The molecule has 85 heavy (non-hydrogen) atoms. The van der Waals surface area contributed by atoms with Crippen LogP contribution in [0.15, 0.2) is 24.3 Å². The summed E-state index contributed by atoms with van der Waals surface area (Å²) in [7, 11) is 0. The molecule has 0 saturated carbocycles. The Hall–Kier alpha value is -1.66. The highest BCUT2D eigenvalue weighted by atomic mass is 16.5. The summed E-state index contributed by atoms with van der Waals surface area (Å²) in [5, 5.41) is 23.5. The third kappa shape index (κ3) is 71.3. The summed E-state index contributed by atoms with van der Waals surface area (Å²) < 4.78 is 5.48. The number of carbonyl (C=O) groups excluding carboxylic acids is 2. The van der Waals surface area contributed by atoms with Crippen molar-refractivity contribution in [2.45, 2.75) is 456 Å². The van der Waals surface area contributed by atoms with E-state index in [2.05, 4.69) is 43.5 Å². The van der Waals surface area contributed by atoms with E-state index in [4.69, 9.17) is 4.74 Å². The van der Waals surface area contributed by atoms with E-state index in [0.29, 0.717) is 25.9 Å². The minimum atomic E-state index is -0.662. The zero-order chi connectivity index (χ0) is 61.3. The van der Waals surface area contributed by atoms with Crippen molar-refractivity contribution < 1.29 is 24.5 Å². The molecule has 0 bridgehead atoms. The normalized spacial score (nSPS) is 12.6. The molecule has 6 nitrogen and oxygen atoms in total. The van der Waals surface area contributed by atoms with Gasteiger partial charge in [-0.25, -0.2) is 0 Å². The molecule has 0 heterocycles. The summed E-state index contributed by atoms with van der Waals surface area (Å²) in [6.45, 7) is 4.93. The van der Waals surface area contributed by atoms with Crippen molar-refractivity contribution in [3.63, 3.8) is 0 Å². The van der Waals surface area contributed by atoms with Crippen molar-refractivity contribution in [2.24, 2.45) is 0 Å². The predicted molar refractivity (Wildman–Crippen MR) is 375 cm³/mol. The first-order valence-electron chi connectivity index (χ1n) is 39.1. The van der Waals surface area contributed by atoms with E-state index in [-0.39, 0.29) is 18.5 Å². The Morgan fingerprint density at radius 3 is 0.941 bits per heavy atom. The zero-order valence-electron chi connectivity index (χ0n) is 57.9. The van der Waals surface area contributed by atoms with Crippen LogP contribution in [0.2, 0.25) is 0 Å². The maximum Gasteiger partial charge on any atom is 0.305 e. The molecule has 0 aliphatic carbocycles. The molecule has 0 fully saturated rings. The van der Waals surface area contributed by atoms with Crippen molar-refractivity contribution in [3.05, 3.63) is 24.3 Å². The lowest BCUT2D eigenvalue weighted by Gasteiger charge is -2.22. The molecule has 0 aromatic heterocycles. The van der Waals surface area contributed by atoms with Gasteiger partial charge in [0.2, 0.25) is 5.91 Å². The molecular weight excluding hydrogens is 1040 g/mol. The second-order valence-electron chi connectivity index (χ2n) is 27.0. The molecule has 0 radical (unpaired) electrons. The number of amides is 1. The molecule has 3 N–H and O–H groups in total. The largest absolute Gasteiger partial charge is 0.466 e. The van der Waals surface area contributed by atoms with Gasteiger partial charge in [-0.15, -0.1) is 0 Å². The molecule has 2 atom stereocenters. The average Bonchev–Trinajstić information content (AvgIpc) is 3.51. The van der Waals surface area contributed by atoms with Crippen molar-refractivity contribution in [2.75, 3.05) is 13.2 Å². The number of aliphatic hydroxyl groups is 2. The third-order valence-electron chi connectivity index (χ3n) is 18.5. The topological polar surface area (TPSA) is 95.9 Å². The summed E-state index contributed by atoms with van der Waals surface area (Å²) in [6, 6.07) is -0.539. The van der Waals surface area contributed by atoms with Crippen molar-refractivity contribution >= 4 is 11.9 Å². The van der Waals surface area contributed by atoms with E-state index in [9.17, 15) is 19.8 Å². The highest BCUT2D eigenvalue weighted by Crippen LogP contribution is 2.20. The van der Waals surface area contributed by atoms with Crippen molar-refractivity contribution in [3.8, 4) is 0 Å². The van der Waals surface area contributed by atoms with Gasteiger partial charge in [0.1, 0.15) is 0 Å². The number of rotatable bonds is 74. The van der Waals surface area contributed by atoms with Crippen molar-refractivity contribution in [1.82, 2.24) is 5.32 Å². The number of esters is 1. The number of ether oxygens (including phenoxy) is 1. The Kier molecular flexibility index (Phi) is 73.3. The van der Waals surface area contributed by atoms with Crippen molar-refractivity contribution in [1.29, 1.82) is 0 Å². The molecule has 0 saturated heterocycles. The highest BCUT2D eigenvalue weighted by molar-refractivity contribution is 5.76. The fourth-order valence-electron chi connectivity index (χ4n) is 12.6. The minimum absolute atomic E-state index is 0.00665. The number of hydrogen-bond donors (Lipinski definition) is 3. The number of hydrogen-bond acceptors (Lipinski definition) is 5. The fraction of sp³-hybridized carbons (Fsp3) is 0.924. The molecule has 0 spiro atoms. The van der Waals surface area contributed by atoms with Crippen LogP contribution in [0.3, 0.4) is 0 Å². The van der Waals surface area contributed by atoms with E-state index in [1.807, 2.05) is 0 Å². The third-order valence-corrected chi connectivity index (χ3v) is 18.5. The van der Waals surface area contributed by atoms with Crippen LogP contribution in [0, 0.1) is 0 Å². The minimum Gasteiger partial charge on any atom is -0.466 e.